The number of nitrogens with zero attached hydrogens (tertiary/aromatic N) is 6. The van der Waals surface area contributed by atoms with E-state index in [9.17, 15) is 9.90 Å². The van der Waals surface area contributed by atoms with E-state index in [0.717, 1.165) is 0 Å². The van der Waals surface area contributed by atoms with Gasteiger partial charge in [0.05, 0.1) is 37.6 Å². The minimum atomic E-state index is -1.70. The molecule has 1 fully saturated rings. The molecule has 6 rings (SSSR count). The average Bonchev–Trinajstić information content (AvgIpc) is 3.60. The molecule has 1 amide bonds. The summed E-state index contributed by atoms with van der Waals surface area (Å²) in [5, 5.41) is 22.3. The van der Waals surface area contributed by atoms with E-state index in [0.29, 0.717) is 22.6 Å². The van der Waals surface area contributed by atoms with Crippen LogP contribution in [0.4, 0.5) is 10.3 Å². The number of fused-ring (bicyclic) bond motifs is 3. The van der Waals surface area contributed by atoms with E-state index >= 15 is 4.39 Å². The number of rotatable bonds is 6. The lowest BCUT2D eigenvalue weighted by Gasteiger charge is -2.38. The fraction of sp³-hybridized carbons (Fsp3) is 0.261. The summed E-state index contributed by atoms with van der Waals surface area (Å²) >= 11 is 0. The number of amides is 1. The maximum absolute atomic E-state index is 15.1. The van der Waals surface area contributed by atoms with Crippen molar-refractivity contribution in [3.8, 4) is 11.6 Å². The van der Waals surface area contributed by atoms with Gasteiger partial charge in [0.15, 0.2) is 22.6 Å². The number of hydrogen-bond acceptors (Lipinski definition) is 9. The Morgan fingerprint density at radius 2 is 2.06 bits per heavy atom. The van der Waals surface area contributed by atoms with Gasteiger partial charge in [-0.05, 0) is 25.1 Å². The third-order valence-electron chi connectivity index (χ3n) is 6.35. The van der Waals surface area contributed by atoms with Gasteiger partial charge >= 0.3 is 0 Å². The molecule has 0 bridgehead atoms. The number of ether oxygens (including phenoxy) is 1. The van der Waals surface area contributed by atoms with Gasteiger partial charge in [-0.2, -0.15) is 14.6 Å². The van der Waals surface area contributed by atoms with Crippen molar-refractivity contribution in [2.24, 2.45) is 0 Å². The molecular formula is C23H21FN8O4. The summed E-state index contributed by atoms with van der Waals surface area (Å²) < 4.78 is 28.2. The van der Waals surface area contributed by atoms with Crippen LogP contribution < -0.4 is 11.1 Å². The van der Waals surface area contributed by atoms with Crippen LogP contribution >= 0.6 is 0 Å². The number of anilines is 1. The molecule has 1 atom stereocenters. The number of hydrogen-bond donors (Lipinski definition) is 3. The first-order valence-corrected chi connectivity index (χ1v) is 11.1. The second-order valence-corrected chi connectivity index (χ2v) is 8.86. The molecule has 1 aromatic carbocycles. The molecule has 1 aliphatic heterocycles. The Morgan fingerprint density at radius 3 is 2.75 bits per heavy atom. The summed E-state index contributed by atoms with van der Waals surface area (Å²) in [5.74, 6) is -0.495. The summed E-state index contributed by atoms with van der Waals surface area (Å²) in [4.78, 5) is 22.6. The van der Waals surface area contributed by atoms with Crippen LogP contribution in [-0.2, 0) is 15.1 Å². The lowest BCUT2D eigenvalue weighted by atomic mass is 9.89. The molecule has 0 saturated carbocycles. The normalized spacial score (nSPS) is 16.6. The van der Waals surface area contributed by atoms with Crippen molar-refractivity contribution in [1.82, 2.24) is 34.7 Å². The number of aromatic nitrogens is 6. The Labute approximate surface area is 202 Å². The van der Waals surface area contributed by atoms with Crippen LogP contribution in [0.15, 0.2) is 53.3 Å². The molecule has 0 spiro atoms. The summed E-state index contributed by atoms with van der Waals surface area (Å²) in [6, 6.07) is 9.32. The van der Waals surface area contributed by atoms with Crippen molar-refractivity contribution >= 4 is 28.5 Å². The number of nitrogen functional groups attached to an aromatic ring is 1. The number of furan rings is 1. The molecule has 12 nitrogen and oxygen atoms in total. The zero-order valence-electron chi connectivity index (χ0n) is 19.1. The van der Waals surface area contributed by atoms with Crippen LogP contribution in [0.25, 0.3) is 28.3 Å². The zero-order chi connectivity index (χ0) is 25.1. The van der Waals surface area contributed by atoms with Gasteiger partial charge in [0.1, 0.15) is 11.4 Å². The van der Waals surface area contributed by atoms with Gasteiger partial charge in [0.2, 0.25) is 11.8 Å². The van der Waals surface area contributed by atoms with E-state index in [1.54, 1.807) is 18.2 Å². The number of nitrogens with one attached hydrogen (secondary N) is 1. The van der Waals surface area contributed by atoms with Crippen molar-refractivity contribution in [1.29, 1.82) is 0 Å². The van der Waals surface area contributed by atoms with Gasteiger partial charge in [-0.15, -0.1) is 5.10 Å². The standard InChI is InChI=1S/C23H21FN8O4/c1-22(14-5-2-3-6-15(14)24,20(33)26-10-23(34)11-35-12-23)32-19-13(9-27-32)18-28-17(16-7-4-8-36-16)30-31(18)21(25)29-19/h2-9,34H,10-12H2,1H3,(H2,25,29)(H,26,33). The molecule has 36 heavy (non-hydrogen) atoms. The molecular weight excluding hydrogens is 471 g/mol. The topological polar surface area (TPSA) is 159 Å². The minimum absolute atomic E-state index is 0.0122. The lowest BCUT2D eigenvalue weighted by Crippen LogP contribution is -2.59. The highest BCUT2D eigenvalue weighted by molar-refractivity contribution is 5.94. The number of aliphatic hydroxyl groups is 1. The van der Waals surface area contributed by atoms with Gasteiger partial charge in [-0.25, -0.2) is 14.1 Å². The van der Waals surface area contributed by atoms with Gasteiger partial charge in [0.25, 0.3) is 5.91 Å². The minimum Gasteiger partial charge on any atom is -0.461 e. The van der Waals surface area contributed by atoms with Gasteiger partial charge in [0, 0.05) is 5.56 Å². The smallest absolute Gasteiger partial charge is 0.252 e. The SMILES string of the molecule is CC(C(=O)NCC1(O)COC1)(c1ccccc1F)n1ncc2c1nc(N)n1nc(-c3ccco3)nc21. The van der Waals surface area contributed by atoms with Gasteiger partial charge < -0.3 is 25.3 Å². The predicted octanol–water partition coefficient (Wildman–Crippen LogP) is 1.10. The number of carbonyl (C=O) groups is 1. The van der Waals surface area contributed by atoms with E-state index in [2.05, 4.69) is 25.5 Å². The molecule has 184 valence electrons. The molecule has 13 heteroatoms. The van der Waals surface area contributed by atoms with Gasteiger partial charge in [-0.1, -0.05) is 18.2 Å². The average molecular weight is 492 g/mol. The Morgan fingerprint density at radius 1 is 1.25 bits per heavy atom. The lowest BCUT2D eigenvalue weighted by molar-refractivity contribution is -0.176. The molecule has 1 unspecified atom stereocenters. The molecule has 1 saturated heterocycles. The highest BCUT2D eigenvalue weighted by atomic mass is 19.1. The maximum Gasteiger partial charge on any atom is 0.252 e. The molecule has 4 aromatic heterocycles. The Bertz CT molecular complexity index is 1610. The van der Waals surface area contributed by atoms with Crippen molar-refractivity contribution in [2.75, 3.05) is 25.5 Å². The Balaban J connectivity index is 1.52. The number of nitrogens with two attached hydrogens (primary N) is 1. The Hall–Kier alpha value is -4.36. The first kappa shape index (κ1) is 22.1. The van der Waals surface area contributed by atoms with Crippen molar-refractivity contribution in [3.05, 3.63) is 60.2 Å². The second kappa shape index (κ2) is 7.83. The molecule has 0 radical (unpaired) electrons. The maximum atomic E-state index is 15.1. The van der Waals surface area contributed by atoms with E-state index in [1.807, 2.05) is 0 Å². The van der Waals surface area contributed by atoms with Crippen LogP contribution in [-0.4, -0.2) is 65.7 Å². The van der Waals surface area contributed by atoms with Crippen LogP contribution in [0.5, 0.6) is 0 Å². The monoisotopic (exact) mass is 492 g/mol. The fourth-order valence-electron chi connectivity index (χ4n) is 4.29. The second-order valence-electron chi connectivity index (χ2n) is 8.86. The number of carbonyl (C=O) groups excluding carboxylic acids is 1. The molecule has 0 aliphatic carbocycles. The molecule has 1 aliphatic rings. The number of halogens is 1. The van der Waals surface area contributed by atoms with E-state index in [-0.39, 0.29) is 36.9 Å². The zero-order valence-corrected chi connectivity index (χ0v) is 19.1. The first-order valence-electron chi connectivity index (χ1n) is 11.1. The van der Waals surface area contributed by atoms with Crippen LogP contribution in [0.2, 0.25) is 0 Å². The first-order chi connectivity index (χ1) is 17.3. The number of benzene rings is 1. The fourth-order valence-corrected chi connectivity index (χ4v) is 4.29. The van der Waals surface area contributed by atoms with Crippen LogP contribution in [0.1, 0.15) is 12.5 Å². The quantitative estimate of drug-likeness (QED) is 0.315. The largest absolute Gasteiger partial charge is 0.461 e. The van der Waals surface area contributed by atoms with E-state index in [4.69, 9.17) is 14.9 Å². The summed E-state index contributed by atoms with van der Waals surface area (Å²) in [5.41, 5.74) is 3.92. The Kier molecular flexibility index (Phi) is 4.81. The van der Waals surface area contributed by atoms with E-state index in [1.165, 1.54) is 46.8 Å². The van der Waals surface area contributed by atoms with Crippen molar-refractivity contribution in [3.63, 3.8) is 0 Å². The highest BCUT2D eigenvalue weighted by Gasteiger charge is 2.44. The molecule has 5 heterocycles. The van der Waals surface area contributed by atoms with Gasteiger partial charge in [-0.3, -0.25) is 4.79 Å². The van der Waals surface area contributed by atoms with Crippen LogP contribution in [0, 0.1) is 5.82 Å². The molecule has 4 N–H and O–H groups in total. The van der Waals surface area contributed by atoms with Crippen LogP contribution in [0.3, 0.4) is 0 Å². The van der Waals surface area contributed by atoms with E-state index < -0.39 is 22.9 Å². The molecule has 5 aromatic rings. The summed E-state index contributed by atoms with van der Waals surface area (Å²) in [6.07, 6.45) is 2.97. The van der Waals surface area contributed by atoms with Crippen molar-refractivity contribution < 1.29 is 23.4 Å². The highest BCUT2D eigenvalue weighted by Crippen LogP contribution is 2.33. The van der Waals surface area contributed by atoms with Crippen molar-refractivity contribution in [2.45, 2.75) is 18.1 Å². The third kappa shape index (κ3) is 3.24. The summed E-state index contributed by atoms with van der Waals surface area (Å²) in [7, 11) is 0. The third-order valence-corrected chi connectivity index (χ3v) is 6.35. The summed E-state index contributed by atoms with van der Waals surface area (Å²) in [6.45, 7) is 1.63. The predicted molar refractivity (Wildman–Crippen MR) is 124 cm³/mol.